The van der Waals surface area contributed by atoms with E-state index in [0.717, 1.165) is 5.56 Å². The van der Waals surface area contributed by atoms with Crippen molar-refractivity contribution in [1.29, 1.82) is 0 Å². The first-order valence-electron chi connectivity index (χ1n) is 11.2. The van der Waals surface area contributed by atoms with Gasteiger partial charge in [-0.05, 0) is 48.5 Å². The highest BCUT2D eigenvalue weighted by Gasteiger charge is 2.41. The van der Waals surface area contributed by atoms with Gasteiger partial charge < -0.3 is 18.9 Å². The van der Waals surface area contributed by atoms with Crippen LogP contribution in [0.25, 0.3) is 0 Å². The van der Waals surface area contributed by atoms with Crippen LogP contribution < -0.4 is 10.4 Å². The van der Waals surface area contributed by atoms with Gasteiger partial charge in [-0.15, -0.1) is 0 Å². The Labute approximate surface area is 215 Å². The van der Waals surface area contributed by atoms with Crippen molar-refractivity contribution < 1.29 is 28.5 Å². The zero-order valence-electron chi connectivity index (χ0n) is 18.8. The van der Waals surface area contributed by atoms with E-state index in [1.54, 1.807) is 54.7 Å². The summed E-state index contributed by atoms with van der Waals surface area (Å²) in [6, 6.07) is 12.5. The van der Waals surface area contributed by atoms with Crippen LogP contribution >= 0.6 is 23.2 Å². The van der Waals surface area contributed by atoms with Gasteiger partial charge in [-0.2, -0.15) is 4.98 Å². The third kappa shape index (κ3) is 5.23. The Morgan fingerprint density at radius 1 is 1.00 bits per heavy atom. The number of fused-ring (bicyclic) bond motifs is 1. The van der Waals surface area contributed by atoms with E-state index < -0.39 is 36.1 Å². The number of benzene rings is 2. The van der Waals surface area contributed by atoms with E-state index in [-0.39, 0.29) is 13.0 Å². The summed E-state index contributed by atoms with van der Waals surface area (Å²) in [6.07, 6.45) is 0.0169. The molecule has 186 valence electrons. The summed E-state index contributed by atoms with van der Waals surface area (Å²) in [6.45, 7) is 0.245. The maximum absolute atomic E-state index is 12.8. The smallest absolute Gasteiger partial charge is 0.352 e. The van der Waals surface area contributed by atoms with Gasteiger partial charge in [0, 0.05) is 34.6 Å². The number of halogens is 2. The highest BCUT2D eigenvalue weighted by Crippen LogP contribution is 2.32. The molecule has 0 aliphatic carbocycles. The van der Waals surface area contributed by atoms with Gasteiger partial charge in [0.1, 0.15) is 25.0 Å². The van der Waals surface area contributed by atoms with Crippen molar-refractivity contribution in [1.82, 2.24) is 9.55 Å². The zero-order chi connectivity index (χ0) is 25.2. The number of ether oxygens (including phenoxy) is 4. The lowest BCUT2D eigenvalue weighted by Gasteiger charge is -2.19. The molecule has 2 aliphatic rings. The molecular formula is C25H20Cl2N2O7. The average Bonchev–Trinajstić information content (AvgIpc) is 3.49. The van der Waals surface area contributed by atoms with Gasteiger partial charge in [0.25, 0.3) is 0 Å². The number of carbonyl (C=O) groups excluding carboxylic acids is 2. The standard InChI is InChI=1S/C25H20Cl2N2O7/c26-17-5-1-14(2-6-17)23(30)34-13-20-19(36-24(31)15-3-7-18(27)8-4-15)11-21(35-20)29-12-16-9-10-33-22(16)28-25(29)32/h1-8,12,19-21H,9-11,13H2/t19-,20+,21+/m0/s1. The number of esters is 2. The molecule has 0 amide bonds. The largest absolute Gasteiger partial charge is 0.477 e. The van der Waals surface area contributed by atoms with Crippen LogP contribution in [0.4, 0.5) is 0 Å². The normalized spacial score (nSPS) is 20.4. The maximum Gasteiger partial charge on any atom is 0.352 e. The van der Waals surface area contributed by atoms with E-state index >= 15 is 0 Å². The fourth-order valence-electron chi connectivity index (χ4n) is 4.02. The minimum Gasteiger partial charge on any atom is -0.477 e. The first-order valence-corrected chi connectivity index (χ1v) is 11.9. The summed E-state index contributed by atoms with van der Waals surface area (Å²) in [5.74, 6) is -0.869. The summed E-state index contributed by atoms with van der Waals surface area (Å²) in [4.78, 5) is 41.9. The van der Waals surface area contributed by atoms with Crippen LogP contribution in [-0.4, -0.2) is 46.9 Å². The molecule has 0 bridgehead atoms. The van der Waals surface area contributed by atoms with Crippen molar-refractivity contribution in [2.75, 3.05) is 13.2 Å². The number of nitrogens with zero attached hydrogens (tertiary/aromatic N) is 2. The van der Waals surface area contributed by atoms with Gasteiger partial charge in [-0.1, -0.05) is 23.2 Å². The van der Waals surface area contributed by atoms with Crippen molar-refractivity contribution >= 4 is 35.1 Å². The molecule has 2 aliphatic heterocycles. The predicted molar refractivity (Wildman–Crippen MR) is 129 cm³/mol. The van der Waals surface area contributed by atoms with E-state index in [2.05, 4.69) is 4.98 Å². The van der Waals surface area contributed by atoms with Crippen LogP contribution in [0.1, 0.15) is 38.9 Å². The molecule has 1 aromatic heterocycles. The molecule has 3 aromatic rings. The molecule has 0 radical (unpaired) electrons. The Balaban J connectivity index is 1.34. The second-order valence-corrected chi connectivity index (χ2v) is 9.15. The first kappa shape index (κ1) is 24.3. The lowest BCUT2D eigenvalue weighted by Crippen LogP contribution is -2.32. The molecule has 5 rings (SSSR count). The summed E-state index contributed by atoms with van der Waals surface area (Å²) >= 11 is 11.8. The predicted octanol–water partition coefficient (Wildman–Crippen LogP) is 3.86. The van der Waals surface area contributed by atoms with Crippen LogP contribution in [0.5, 0.6) is 5.88 Å². The molecule has 36 heavy (non-hydrogen) atoms. The number of rotatable bonds is 6. The SMILES string of the molecule is O=C(OC[C@H]1O[C@@H](n2cc3c(nc2=O)OCC3)C[C@@H]1OC(=O)c1ccc(Cl)cc1)c1ccc(Cl)cc1. The Morgan fingerprint density at radius 2 is 1.64 bits per heavy atom. The third-order valence-electron chi connectivity index (χ3n) is 5.89. The van der Waals surface area contributed by atoms with Crippen molar-refractivity contribution in [2.24, 2.45) is 0 Å². The Hall–Kier alpha value is -3.40. The molecule has 0 spiro atoms. The Morgan fingerprint density at radius 3 is 2.31 bits per heavy atom. The van der Waals surface area contributed by atoms with Gasteiger partial charge in [0.2, 0.25) is 5.88 Å². The molecule has 1 fully saturated rings. The average molecular weight is 531 g/mol. The van der Waals surface area contributed by atoms with Crippen LogP contribution in [0.2, 0.25) is 10.0 Å². The second-order valence-electron chi connectivity index (χ2n) is 8.28. The van der Waals surface area contributed by atoms with E-state index in [0.29, 0.717) is 40.1 Å². The summed E-state index contributed by atoms with van der Waals surface area (Å²) in [5.41, 5.74) is 0.837. The molecule has 3 heterocycles. The van der Waals surface area contributed by atoms with Crippen LogP contribution in [0, 0.1) is 0 Å². The molecule has 11 heteroatoms. The fraction of sp³-hybridized carbons (Fsp3) is 0.280. The van der Waals surface area contributed by atoms with E-state index in [9.17, 15) is 14.4 Å². The summed E-state index contributed by atoms with van der Waals surface area (Å²) < 4.78 is 23.9. The Bertz CT molecular complexity index is 1340. The minimum atomic E-state index is -0.820. The molecule has 0 saturated carbocycles. The maximum atomic E-state index is 12.8. The fourth-order valence-corrected chi connectivity index (χ4v) is 4.27. The molecule has 3 atom stereocenters. The topological polar surface area (TPSA) is 106 Å². The Kier molecular flexibility index (Phi) is 6.95. The van der Waals surface area contributed by atoms with E-state index in [4.69, 9.17) is 42.1 Å². The number of hydrogen-bond acceptors (Lipinski definition) is 8. The number of carbonyl (C=O) groups is 2. The first-order chi connectivity index (χ1) is 17.4. The molecule has 0 unspecified atom stereocenters. The van der Waals surface area contributed by atoms with Crippen molar-refractivity contribution in [3.8, 4) is 5.88 Å². The van der Waals surface area contributed by atoms with Crippen molar-refractivity contribution in [2.45, 2.75) is 31.3 Å². The molecule has 2 aromatic carbocycles. The van der Waals surface area contributed by atoms with Crippen molar-refractivity contribution in [3.05, 3.63) is 91.9 Å². The molecule has 0 N–H and O–H groups in total. The summed E-state index contributed by atoms with van der Waals surface area (Å²) in [7, 11) is 0. The lowest BCUT2D eigenvalue weighted by atomic mass is 10.1. The minimum absolute atomic E-state index is 0.156. The molecule has 1 saturated heterocycles. The van der Waals surface area contributed by atoms with Gasteiger partial charge in [0.15, 0.2) is 0 Å². The van der Waals surface area contributed by atoms with Crippen LogP contribution in [0.15, 0.2) is 59.5 Å². The zero-order valence-corrected chi connectivity index (χ0v) is 20.3. The molecular weight excluding hydrogens is 511 g/mol. The second kappa shape index (κ2) is 10.3. The van der Waals surface area contributed by atoms with Gasteiger partial charge >= 0.3 is 17.6 Å². The highest BCUT2D eigenvalue weighted by molar-refractivity contribution is 6.31. The van der Waals surface area contributed by atoms with Crippen LogP contribution in [-0.2, 0) is 20.6 Å². The third-order valence-corrected chi connectivity index (χ3v) is 6.39. The van der Waals surface area contributed by atoms with Crippen LogP contribution in [0.3, 0.4) is 0 Å². The monoisotopic (exact) mass is 530 g/mol. The van der Waals surface area contributed by atoms with Crippen molar-refractivity contribution in [3.63, 3.8) is 0 Å². The van der Waals surface area contributed by atoms with Gasteiger partial charge in [-0.25, -0.2) is 14.4 Å². The van der Waals surface area contributed by atoms with E-state index in [1.807, 2.05) is 0 Å². The van der Waals surface area contributed by atoms with Gasteiger partial charge in [-0.3, -0.25) is 4.57 Å². The lowest BCUT2D eigenvalue weighted by molar-refractivity contribution is -0.0582. The number of aromatic nitrogens is 2. The highest BCUT2D eigenvalue weighted by atomic mass is 35.5. The quantitative estimate of drug-likeness (QED) is 0.442. The molecule has 9 nitrogen and oxygen atoms in total. The van der Waals surface area contributed by atoms with E-state index in [1.165, 1.54) is 4.57 Å². The number of hydrogen-bond donors (Lipinski definition) is 0. The summed E-state index contributed by atoms with van der Waals surface area (Å²) in [5, 5.41) is 0.969. The van der Waals surface area contributed by atoms with Gasteiger partial charge in [0.05, 0.1) is 17.7 Å².